The van der Waals surface area contributed by atoms with Gasteiger partial charge in [-0.25, -0.2) is 9.97 Å². The third-order valence-corrected chi connectivity index (χ3v) is 5.96. The number of likely N-dealkylation sites (tertiary alicyclic amines) is 1. The number of nitrogens with one attached hydrogen (secondary N) is 2. The molecule has 1 saturated heterocycles. The van der Waals surface area contributed by atoms with Gasteiger partial charge in [-0.2, -0.15) is 0 Å². The van der Waals surface area contributed by atoms with E-state index in [1.54, 1.807) is 17.5 Å². The molecular formula is C23H26N6OS. The standard InChI is InChI=1S/C23H26N6OS/c1-3-22(30)29-9-5-7-19(15-29)26-20-11-18(10-17-6-4-8-24-14-17)12-21(27-20)28-23-25-13-16(2)31-23/h3-4,6,8,11-14,19H,1,5,7,9-10,15H2,2H3,(H2,25,26,27,28)/t19-/m0/s1. The summed E-state index contributed by atoms with van der Waals surface area (Å²) in [6.45, 7) is 7.05. The molecule has 1 aliphatic heterocycles. The predicted octanol–water partition coefficient (Wildman–Crippen LogP) is 4.16. The van der Waals surface area contributed by atoms with Crippen molar-refractivity contribution in [3.63, 3.8) is 0 Å². The molecule has 0 unspecified atom stereocenters. The smallest absolute Gasteiger partial charge is 0.246 e. The fraction of sp³-hybridized carbons (Fsp3) is 0.304. The van der Waals surface area contributed by atoms with E-state index in [9.17, 15) is 4.79 Å². The minimum absolute atomic E-state index is 0.0220. The van der Waals surface area contributed by atoms with Crippen molar-refractivity contribution in [1.29, 1.82) is 0 Å². The van der Waals surface area contributed by atoms with E-state index in [1.165, 1.54) is 6.08 Å². The van der Waals surface area contributed by atoms with Gasteiger partial charge < -0.3 is 15.5 Å². The van der Waals surface area contributed by atoms with Gasteiger partial charge in [-0.15, -0.1) is 11.3 Å². The number of aryl methyl sites for hydroxylation is 1. The van der Waals surface area contributed by atoms with Crippen molar-refractivity contribution in [2.75, 3.05) is 23.7 Å². The van der Waals surface area contributed by atoms with Crippen LogP contribution in [0.3, 0.4) is 0 Å². The Bertz CT molecular complexity index is 1050. The highest BCUT2D eigenvalue weighted by Crippen LogP contribution is 2.25. The van der Waals surface area contributed by atoms with Gasteiger partial charge in [-0.3, -0.25) is 9.78 Å². The lowest BCUT2D eigenvalue weighted by molar-refractivity contribution is -0.127. The van der Waals surface area contributed by atoms with Crippen LogP contribution in [0.1, 0.15) is 28.8 Å². The van der Waals surface area contributed by atoms with Crippen LogP contribution in [0, 0.1) is 6.92 Å². The van der Waals surface area contributed by atoms with Crippen LogP contribution in [0.15, 0.2) is 55.5 Å². The van der Waals surface area contributed by atoms with Crippen LogP contribution < -0.4 is 10.6 Å². The van der Waals surface area contributed by atoms with Gasteiger partial charge >= 0.3 is 0 Å². The van der Waals surface area contributed by atoms with Gasteiger partial charge in [0.15, 0.2) is 5.13 Å². The fourth-order valence-corrected chi connectivity index (χ4v) is 4.39. The summed E-state index contributed by atoms with van der Waals surface area (Å²) in [5, 5.41) is 7.68. The summed E-state index contributed by atoms with van der Waals surface area (Å²) in [4.78, 5) is 28.4. The molecule has 0 aromatic carbocycles. The van der Waals surface area contributed by atoms with Gasteiger partial charge in [0.05, 0.1) is 0 Å². The first kappa shape index (κ1) is 21.0. The highest BCUT2D eigenvalue weighted by molar-refractivity contribution is 7.15. The van der Waals surface area contributed by atoms with Crippen LogP contribution in [0.5, 0.6) is 0 Å². The lowest BCUT2D eigenvalue weighted by Crippen LogP contribution is -2.44. The molecule has 3 aromatic heterocycles. The molecule has 1 amide bonds. The molecule has 1 aliphatic rings. The zero-order chi connectivity index (χ0) is 21.6. The Morgan fingerprint density at radius 2 is 2.19 bits per heavy atom. The normalized spacial score (nSPS) is 16.0. The second kappa shape index (κ2) is 9.70. The van der Waals surface area contributed by atoms with Crippen molar-refractivity contribution in [3.05, 3.63) is 71.5 Å². The topological polar surface area (TPSA) is 83.0 Å². The first-order valence-corrected chi connectivity index (χ1v) is 11.2. The number of carbonyl (C=O) groups excluding carboxylic acids is 1. The molecule has 0 radical (unpaired) electrons. The maximum atomic E-state index is 12.0. The second-order valence-corrected chi connectivity index (χ2v) is 8.89. The lowest BCUT2D eigenvalue weighted by atomic mass is 10.0. The summed E-state index contributed by atoms with van der Waals surface area (Å²) in [6.07, 6.45) is 9.58. The third-order valence-electron chi connectivity index (χ3n) is 5.13. The number of piperidine rings is 1. The van der Waals surface area contributed by atoms with Gasteiger partial charge in [0.1, 0.15) is 11.6 Å². The van der Waals surface area contributed by atoms with Crippen LogP contribution in [0.2, 0.25) is 0 Å². The Hall–Kier alpha value is -3.26. The monoisotopic (exact) mass is 434 g/mol. The largest absolute Gasteiger partial charge is 0.365 e. The molecule has 4 heterocycles. The summed E-state index contributed by atoms with van der Waals surface area (Å²) in [6, 6.07) is 8.27. The predicted molar refractivity (Wildman–Crippen MR) is 125 cm³/mol. The SMILES string of the molecule is C=CC(=O)N1CCC[C@H](Nc2cc(Cc3cccnc3)cc(Nc3ncc(C)s3)n2)C1. The Balaban J connectivity index is 1.56. The first-order chi connectivity index (χ1) is 15.1. The maximum absolute atomic E-state index is 12.0. The van der Waals surface area contributed by atoms with Gasteiger partial charge in [0, 0.05) is 42.6 Å². The van der Waals surface area contributed by atoms with Gasteiger partial charge in [-0.1, -0.05) is 12.6 Å². The summed E-state index contributed by atoms with van der Waals surface area (Å²) >= 11 is 1.59. The van der Waals surface area contributed by atoms with Gasteiger partial charge in [0.25, 0.3) is 0 Å². The molecule has 4 rings (SSSR count). The Labute approximate surface area is 186 Å². The van der Waals surface area contributed by atoms with Gasteiger partial charge in [-0.05, 0) is 61.6 Å². The van der Waals surface area contributed by atoms with E-state index in [2.05, 4.69) is 39.3 Å². The molecule has 160 valence electrons. The van der Waals surface area contributed by atoms with Crippen LogP contribution in [0.4, 0.5) is 16.8 Å². The summed E-state index contributed by atoms with van der Waals surface area (Å²) in [5.74, 6) is 1.51. The number of amides is 1. The number of anilines is 3. The zero-order valence-corrected chi connectivity index (χ0v) is 18.4. The van der Waals surface area contributed by atoms with E-state index >= 15 is 0 Å². The Morgan fingerprint density at radius 1 is 1.32 bits per heavy atom. The molecular weight excluding hydrogens is 408 g/mol. The molecule has 2 N–H and O–H groups in total. The number of nitrogens with zero attached hydrogens (tertiary/aromatic N) is 4. The molecule has 0 spiro atoms. The van der Waals surface area contributed by atoms with E-state index in [4.69, 9.17) is 4.98 Å². The van der Waals surface area contributed by atoms with Crippen LogP contribution in [0.25, 0.3) is 0 Å². The number of aromatic nitrogens is 3. The average molecular weight is 435 g/mol. The Morgan fingerprint density at radius 3 is 2.94 bits per heavy atom. The van der Waals surface area contributed by atoms with E-state index in [1.807, 2.05) is 36.4 Å². The molecule has 1 fully saturated rings. The first-order valence-electron chi connectivity index (χ1n) is 10.4. The molecule has 0 aliphatic carbocycles. The molecule has 0 saturated carbocycles. The van der Waals surface area contributed by atoms with Crippen molar-refractivity contribution in [1.82, 2.24) is 19.9 Å². The molecule has 3 aromatic rings. The van der Waals surface area contributed by atoms with Crippen molar-refractivity contribution >= 4 is 34.0 Å². The van der Waals surface area contributed by atoms with E-state index in [0.717, 1.165) is 58.6 Å². The molecule has 0 bridgehead atoms. The molecule has 31 heavy (non-hydrogen) atoms. The van der Waals surface area contributed by atoms with Crippen molar-refractivity contribution in [3.8, 4) is 0 Å². The number of hydrogen-bond acceptors (Lipinski definition) is 7. The van der Waals surface area contributed by atoms with Crippen molar-refractivity contribution in [2.45, 2.75) is 32.2 Å². The van der Waals surface area contributed by atoms with Crippen LogP contribution in [-0.4, -0.2) is 44.9 Å². The average Bonchev–Trinajstić information content (AvgIpc) is 3.18. The number of thiazole rings is 1. The summed E-state index contributed by atoms with van der Waals surface area (Å²) in [7, 11) is 0. The van der Waals surface area contributed by atoms with E-state index < -0.39 is 0 Å². The number of pyridine rings is 2. The fourth-order valence-electron chi connectivity index (χ4n) is 3.72. The summed E-state index contributed by atoms with van der Waals surface area (Å²) in [5.41, 5.74) is 2.26. The quantitative estimate of drug-likeness (QED) is 0.543. The number of hydrogen-bond donors (Lipinski definition) is 2. The lowest BCUT2D eigenvalue weighted by Gasteiger charge is -2.33. The minimum atomic E-state index is -0.0220. The molecule has 1 atom stereocenters. The second-order valence-electron chi connectivity index (χ2n) is 7.66. The number of carbonyl (C=O) groups is 1. The Kier molecular flexibility index (Phi) is 6.57. The summed E-state index contributed by atoms with van der Waals surface area (Å²) < 4.78 is 0. The minimum Gasteiger partial charge on any atom is -0.365 e. The third kappa shape index (κ3) is 5.67. The zero-order valence-electron chi connectivity index (χ0n) is 17.5. The van der Waals surface area contributed by atoms with Crippen molar-refractivity contribution in [2.24, 2.45) is 0 Å². The molecule has 8 heteroatoms. The van der Waals surface area contributed by atoms with E-state index in [0.29, 0.717) is 6.54 Å². The van der Waals surface area contributed by atoms with E-state index in [-0.39, 0.29) is 11.9 Å². The highest BCUT2D eigenvalue weighted by atomic mass is 32.1. The molecule has 7 nitrogen and oxygen atoms in total. The van der Waals surface area contributed by atoms with Gasteiger partial charge in [0.2, 0.25) is 5.91 Å². The van der Waals surface area contributed by atoms with Crippen LogP contribution >= 0.6 is 11.3 Å². The highest BCUT2D eigenvalue weighted by Gasteiger charge is 2.22. The van der Waals surface area contributed by atoms with Crippen LogP contribution in [-0.2, 0) is 11.2 Å². The van der Waals surface area contributed by atoms with Crippen molar-refractivity contribution < 1.29 is 4.79 Å². The maximum Gasteiger partial charge on any atom is 0.246 e. The number of rotatable bonds is 7.